The van der Waals surface area contributed by atoms with Crippen molar-refractivity contribution in [3.63, 3.8) is 0 Å². The predicted molar refractivity (Wildman–Crippen MR) is 72.0 cm³/mol. The Labute approximate surface area is 109 Å². The maximum absolute atomic E-state index is 9.55. The SMILES string of the molecule is Oc1ccc2nc(Cl)n(Cc3ccccc3)c2c1. The fraction of sp³-hybridized carbons (Fsp3) is 0.0714. The number of aromatic hydroxyl groups is 1. The highest BCUT2D eigenvalue weighted by Gasteiger charge is 2.09. The summed E-state index contributed by atoms with van der Waals surface area (Å²) >= 11 is 6.14. The zero-order chi connectivity index (χ0) is 12.5. The van der Waals surface area contributed by atoms with E-state index in [1.807, 2.05) is 34.9 Å². The smallest absolute Gasteiger partial charge is 0.204 e. The normalized spacial score (nSPS) is 10.9. The number of halogens is 1. The van der Waals surface area contributed by atoms with Crippen LogP contribution in [0.25, 0.3) is 11.0 Å². The molecule has 0 atom stereocenters. The van der Waals surface area contributed by atoms with Gasteiger partial charge in [0.2, 0.25) is 5.28 Å². The van der Waals surface area contributed by atoms with Gasteiger partial charge in [-0.05, 0) is 29.3 Å². The van der Waals surface area contributed by atoms with Gasteiger partial charge in [0.1, 0.15) is 5.75 Å². The van der Waals surface area contributed by atoms with Gasteiger partial charge in [0.25, 0.3) is 0 Å². The van der Waals surface area contributed by atoms with Crippen LogP contribution in [0.5, 0.6) is 5.75 Å². The number of rotatable bonds is 2. The molecule has 0 fully saturated rings. The van der Waals surface area contributed by atoms with Gasteiger partial charge in [0.05, 0.1) is 17.6 Å². The minimum Gasteiger partial charge on any atom is -0.508 e. The monoisotopic (exact) mass is 258 g/mol. The lowest BCUT2D eigenvalue weighted by atomic mass is 10.2. The third-order valence-corrected chi connectivity index (χ3v) is 3.16. The Kier molecular flexibility index (Phi) is 2.68. The highest BCUT2D eigenvalue weighted by Crippen LogP contribution is 2.24. The van der Waals surface area contributed by atoms with Crippen LogP contribution in [-0.4, -0.2) is 14.7 Å². The molecule has 0 aliphatic rings. The molecule has 90 valence electrons. The van der Waals surface area contributed by atoms with E-state index >= 15 is 0 Å². The van der Waals surface area contributed by atoms with Gasteiger partial charge in [-0.1, -0.05) is 30.3 Å². The molecule has 0 bridgehead atoms. The molecule has 0 unspecified atom stereocenters. The van der Waals surface area contributed by atoms with Crippen LogP contribution in [0.15, 0.2) is 48.5 Å². The van der Waals surface area contributed by atoms with Crippen LogP contribution in [0.2, 0.25) is 5.28 Å². The second-order valence-corrected chi connectivity index (χ2v) is 4.46. The van der Waals surface area contributed by atoms with Crippen molar-refractivity contribution < 1.29 is 5.11 Å². The summed E-state index contributed by atoms with van der Waals surface area (Å²) in [6.45, 7) is 0.639. The zero-order valence-corrected chi connectivity index (χ0v) is 10.3. The summed E-state index contributed by atoms with van der Waals surface area (Å²) in [5.41, 5.74) is 2.76. The van der Waals surface area contributed by atoms with Crippen molar-refractivity contribution in [1.82, 2.24) is 9.55 Å². The maximum Gasteiger partial charge on any atom is 0.204 e. The summed E-state index contributed by atoms with van der Waals surface area (Å²) in [5.74, 6) is 0.216. The molecule has 3 rings (SSSR count). The molecule has 0 saturated carbocycles. The average molecular weight is 259 g/mol. The van der Waals surface area contributed by atoms with E-state index in [-0.39, 0.29) is 5.75 Å². The molecular formula is C14H11ClN2O. The molecule has 3 aromatic rings. The summed E-state index contributed by atoms with van der Waals surface area (Å²) in [7, 11) is 0. The highest BCUT2D eigenvalue weighted by atomic mass is 35.5. The number of fused-ring (bicyclic) bond motifs is 1. The molecule has 1 aromatic heterocycles. The number of phenols is 1. The lowest BCUT2D eigenvalue weighted by Gasteiger charge is -2.05. The second kappa shape index (κ2) is 4.35. The van der Waals surface area contributed by atoms with Gasteiger partial charge in [0.15, 0.2) is 0 Å². The van der Waals surface area contributed by atoms with Crippen molar-refractivity contribution in [2.45, 2.75) is 6.54 Å². The van der Waals surface area contributed by atoms with E-state index in [4.69, 9.17) is 11.6 Å². The minimum absolute atomic E-state index is 0.216. The van der Waals surface area contributed by atoms with Crippen molar-refractivity contribution in [2.24, 2.45) is 0 Å². The van der Waals surface area contributed by atoms with Gasteiger partial charge < -0.3 is 9.67 Å². The Balaban J connectivity index is 2.11. The lowest BCUT2D eigenvalue weighted by Crippen LogP contribution is -1.99. The maximum atomic E-state index is 9.55. The molecule has 4 heteroatoms. The Morgan fingerprint density at radius 1 is 1.11 bits per heavy atom. The van der Waals surface area contributed by atoms with Gasteiger partial charge in [-0.3, -0.25) is 0 Å². The number of benzene rings is 2. The fourth-order valence-corrected chi connectivity index (χ4v) is 2.24. The number of nitrogens with zero attached hydrogens (tertiary/aromatic N) is 2. The summed E-state index contributed by atoms with van der Waals surface area (Å²) in [4.78, 5) is 4.27. The Morgan fingerprint density at radius 3 is 2.67 bits per heavy atom. The number of imidazole rings is 1. The highest BCUT2D eigenvalue weighted by molar-refractivity contribution is 6.29. The van der Waals surface area contributed by atoms with E-state index in [2.05, 4.69) is 4.98 Å². The number of phenolic OH excluding ortho intramolecular Hbond substituents is 1. The van der Waals surface area contributed by atoms with Crippen LogP contribution in [0.1, 0.15) is 5.56 Å². The van der Waals surface area contributed by atoms with E-state index in [9.17, 15) is 5.11 Å². The van der Waals surface area contributed by atoms with E-state index in [1.54, 1.807) is 18.2 Å². The quantitative estimate of drug-likeness (QED) is 0.765. The van der Waals surface area contributed by atoms with Gasteiger partial charge in [-0.2, -0.15) is 0 Å². The molecule has 1 heterocycles. The summed E-state index contributed by atoms with van der Waals surface area (Å²) in [6, 6.07) is 15.1. The van der Waals surface area contributed by atoms with Crippen molar-refractivity contribution in [3.05, 3.63) is 59.4 Å². The van der Waals surface area contributed by atoms with Gasteiger partial charge >= 0.3 is 0 Å². The van der Waals surface area contributed by atoms with Crippen LogP contribution in [-0.2, 0) is 6.54 Å². The molecule has 3 nitrogen and oxygen atoms in total. The molecule has 1 N–H and O–H groups in total. The van der Waals surface area contributed by atoms with E-state index < -0.39 is 0 Å². The first kappa shape index (κ1) is 11.1. The molecule has 18 heavy (non-hydrogen) atoms. The minimum atomic E-state index is 0.216. The van der Waals surface area contributed by atoms with Crippen molar-refractivity contribution in [3.8, 4) is 5.75 Å². The van der Waals surface area contributed by atoms with Crippen LogP contribution in [0.3, 0.4) is 0 Å². The largest absolute Gasteiger partial charge is 0.508 e. The first-order valence-corrected chi connectivity index (χ1v) is 6.00. The number of hydrogen-bond donors (Lipinski definition) is 1. The van der Waals surface area contributed by atoms with Crippen LogP contribution in [0.4, 0.5) is 0 Å². The molecule has 0 spiro atoms. The molecule has 0 saturated heterocycles. The van der Waals surface area contributed by atoms with Crippen molar-refractivity contribution in [1.29, 1.82) is 0 Å². The number of aromatic nitrogens is 2. The molecule has 0 amide bonds. The lowest BCUT2D eigenvalue weighted by molar-refractivity contribution is 0.476. The Bertz CT molecular complexity index is 692. The van der Waals surface area contributed by atoms with E-state index in [0.717, 1.165) is 16.6 Å². The van der Waals surface area contributed by atoms with Crippen molar-refractivity contribution in [2.75, 3.05) is 0 Å². The summed E-state index contributed by atoms with van der Waals surface area (Å²) < 4.78 is 1.88. The van der Waals surface area contributed by atoms with Crippen LogP contribution >= 0.6 is 11.6 Å². The Morgan fingerprint density at radius 2 is 1.89 bits per heavy atom. The fourth-order valence-electron chi connectivity index (χ4n) is 2.00. The zero-order valence-electron chi connectivity index (χ0n) is 9.55. The topological polar surface area (TPSA) is 38.1 Å². The van der Waals surface area contributed by atoms with Crippen LogP contribution in [0, 0.1) is 0 Å². The number of hydrogen-bond acceptors (Lipinski definition) is 2. The van der Waals surface area contributed by atoms with Crippen molar-refractivity contribution >= 4 is 22.6 Å². The Hall–Kier alpha value is -2.00. The average Bonchev–Trinajstić information content (AvgIpc) is 2.67. The van der Waals surface area contributed by atoms with E-state index in [1.165, 1.54) is 0 Å². The predicted octanol–water partition coefficient (Wildman–Crippen LogP) is 3.44. The molecule has 0 aliphatic heterocycles. The first-order valence-electron chi connectivity index (χ1n) is 5.63. The van der Waals surface area contributed by atoms with Gasteiger partial charge in [-0.25, -0.2) is 4.98 Å². The summed E-state index contributed by atoms with van der Waals surface area (Å²) in [5, 5.41) is 9.98. The second-order valence-electron chi connectivity index (χ2n) is 4.13. The molecule has 0 aliphatic carbocycles. The van der Waals surface area contributed by atoms with Gasteiger partial charge in [0, 0.05) is 6.07 Å². The van der Waals surface area contributed by atoms with E-state index in [0.29, 0.717) is 11.8 Å². The molecule has 2 aromatic carbocycles. The molecule has 0 radical (unpaired) electrons. The van der Waals surface area contributed by atoms with Gasteiger partial charge in [-0.15, -0.1) is 0 Å². The third-order valence-electron chi connectivity index (χ3n) is 2.87. The summed E-state index contributed by atoms with van der Waals surface area (Å²) in [6.07, 6.45) is 0. The van der Waals surface area contributed by atoms with Crippen LogP contribution < -0.4 is 0 Å². The third kappa shape index (κ3) is 1.93. The first-order chi connectivity index (χ1) is 8.74. The standard InChI is InChI=1S/C14H11ClN2O/c15-14-16-12-7-6-11(18)8-13(12)17(14)9-10-4-2-1-3-5-10/h1-8,18H,9H2. The molecular weight excluding hydrogens is 248 g/mol.